The first-order valence-electron chi connectivity index (χ1n) is 4.75. The van der Waals surface area contributed by atoms with E-state index in [1.54, 1.807) is 0 Å². The van der Waals surface area contributed by atoms with Crippen molar-refractivity contribution in [2.45, 2.75) is 10.4 Å². The van der Waals surface area contributed by atoms with E-state index in [0.29, 0.717) is 0 Å². The summed E-state index contributed by atoms with van der Waals surface area (Å²) in [6.07, 6.45) is 0. The third-order valence-corrected chi connectivity index (χ3v) is 3.70. The first-order valence-corrected chi connectivity index (χ1v) is 6.24. The quantitative estimate of drug-likeness (QED) is 0.607. The molecule has 0 spiro atoms. The second kappa shape index (κ2) is 5.16. The van der Waals surface area contributed by atoms with Gasteiger partial charge < -0.3 is 4.74 Å². The summed E-state index contributed by atoms with van der Waals surface area (Å²) >= 11 is 0. The summed E-state index contributed by atoms with van der Waals surface area (Å²) in [5, 5.41) is 21.4. The molecule has 116 valence electrons. The summed E-state index contributed by atoms with van der Waals surface area (Å²) in [6, 6.07) is 0.101. The number of methoxy groups -OCH3 is 1. The number of hydrogen-bond acceptors (Lipinski definition) is 7. The van der Waals surface area contributed by atoms with Crippen LogP contribution in [-0.4, -0.2) is 30.9 Å². The zero-order chi connectivity index (χ0) is 16.6. The third-order valence-electron chi connectivity index (χ3n) is 2.24. The van der Waals surface area contributed by atoms with Crippen LogP contribution in [0.1, 0.15) is 0 Å². The van der Waals surface area contributed by atoms with Crippen LogP contribution in [0.25, 0.3) is 0 Å². The molecule has 0 heterocycles. The highest BCUT2D eigenvalue weighted by Crippen LogP contribution is 2.41. The predicted molar refractivity (Wildman–Crippen MR) is 59.5 cm³/mol. The van der Waals surface area contributed by atoms with Gasteiger partial charge in [0.2, 0.25) is 0 Å². The number of nitro benzene ring substituents is 2. The number of sulfone groups is 1. The summed E-state index contributed by atoms with van der Waals surface area (Å²) in [5.41, 5.74) is -8.30. The van der Waals surface area contributed by atoms with E-state index in [9.17, 15) is 41.8 Å². The Morgan fingerprint density at radius 2 is 1.48 bits per heavy atom. The standard InChI is InChI=1S/C8H5F3N2O7S/c1-20-7-5(12(14)15)2-4(3-6(7)13(16)17)21(18,19)8(9,10)11/h2-3H,1H3. The van der Waals surface area contributed by atoms with Gasteiger partial charge in [-0.2, -0.15) is 13.2 Å². The van der Waals surface area contributed by atoms with Crippen molar-refractivity contribution in [3.8, 4) is 5.75 Å². The number of alkyl halides is 3. The van der Waals surface area contributed by atoms with Crippen LogP contribution in [0.3, 0.4) is 0 Å². The molecule has 9 nitrogen and oxygen atoms in total. The van der Waals surface area contributed by atoms with Gasteiger partial charge in [-0.15, -0.1) is 0 Å². The fraction of sp³-hybridized carbons (Fsp3) is 0.250. The van der Waals surface area contributed by atoms with Crippen LogP contribution in [0.4, 0.5) is 24.5 Å². The Morgan fingerprint density at radius 1 is 1.10 bits per heavy atom. The molecule has 1 aromatic rings. The van der Waals surface area contributed by atoms with Gasteiger partial charge in [0, 0.05) is 12.1 Å². The Morgan fingerprint density at radius 3 is 1.71 bits per heavy atom. The molecule has 0 bridgehead atoms. The highest BCUT2D eigenvalue weighted by Gasteiger charge is 2.48. The zero-order valence-corrected chi connectivity index (χ0v) is 10.8. The van der Waals surface area contributed by atoms with Crippen LogP contribution in [0.5, 0.6) is 5.75 Å². The molecule has 0 amide bonds. The molecular formula is C8H5F3N2O7S. The van der Waals surface area contributed by atoms with E-state index in [4.69, 9.17) is 0 Å². The fourth-order valence-corrected chi connectivity index (χ4v) is 2.14. The van der Waals surface area contributed by atoms with Crippen molar-refractivity contribution in [2.24, 2.45) is 0 Å². The van der Waals surface area contributed by atoms with Crippen molar-refractivity contribution < 1.29 is 36.2 Å². The maximum Gasteiger partial charge on any atom is 0.501 e. The molecule has 0 N–H and O–H groups in total. The van der Waals surface area contributed by atoms with E-state index in [1.807, 2.05) is 0 Å². The third kappa shape index (κ3) is 2.86. The van der Waals surface area contributed by atoms with Gasteiger partial charge in [0.05, 0.1) is 21.9 Å². The minimum atomic E-state index is -5.98. The lowest BCUT2D eigenvalue weighted by Gasteiger charge is -2.09. The van der Waals surface area contributed by atoms with Gasteiger partial charge in [0.15, 0.2) is 0 Å². The predicted octanol–water partition coefficient (Wildman–Crippen LogP) is 1.81. The Labute approximate surface area is 114 Å². The Balaban J connectivity index is 3.81. The normalized spacial score (nSPS) is 12.0. The number of nitro groups is 2. The molecular weight excluding hydrogens is 325 g/mol. The first-order chi connectivity index (χ1) is 9.43. The number of hydrogen-bond donors (Lipinski definition) is 0. The first kappa shape index (κ1) is 16.6. The summed E-state index contributed by atoms with van der Waals surface area (Å²) in [5.74, 6) is -0.953. The largest absolute Gasteiger partial charge is 0.501 e. The van der Waals surface area contributed by atoms with E-state index in [2.05, 4.69) is 4.74 Å². The van der Waals surface area contributed by atoms with Crippen LogP contribution < -0.4 is 4.74 Å². The van der Waals surface area contributed by atoms with Crippen LogP contribution in [-0.2, 0) is 9.84 Å². The second-order valence-electron chi connectivity index (χ2n) is 3.46. The summed E-state index contributed by atoms with van der Waals surface area (Å²) in [6.45, 7) is 0. The lowest BCUT2D eigenvalue weighted by atomic mass is 10.2. The van der Waals surface area contributed by atoms with Crippen molar-refractivity contribution in [3.63, 3.8) is 0 Å². The monoisotopic (exact) mass is 330 g/mol. The van der Waals surface area contributed by atoms with Crippen molar-refractivity contribution in [3.05, 3.63) is 32.4 Å². The number of nitrogens with zero attached hydrogens (tertiary/aromatic N) is 2. The molecule has 1 rings (SSSR count). The number of benzene rings is 1. The van der Waals surface area contributed by atoms with E-state index < -0.39 is 47.2 Å². The van der Waals surface area contributed by atoms with Crippen molar-refractivity contribution in [2.75, 3.05) is 7.11 Å². The highest BCUT2D eigenvalue weighted by atomic mass is 32.2. The maximum atomic E-state index is 12.4. The lowest BCUT2D eigenvalue weighted by Crippen LogP contribution is -2.23. The molecule has 0 radical (unpaired) electrons. The summed E-state index contributed by atoms with van der Waals surface area (Å²) in [4.78, 5) is 17.2. The second-order valence-corrected chi connectivity index (χ2v) is 5.40. The highest BCUT2D eigenvalue weighted by molar-refractivity contribution is 7.92. The van der Waals surface area contributed by atoms with Crippen LogP contribution in [0, 0.1) is 20.2 Å². The Kier molecular flexibility index (Phi) is 4.08. The van der Waals surface area contributed by atoms with Gasteiger partial charge in [0.1, 0.15) is 0 Å². The summed E-state index contributed by atoms with van der Waals surface area (Å²) in [7, 11) is -5.17. The summed E-state index contributed by atoms with van der Waals surface area (Å²) < 4.78 is 64.0. The lowest BCUT2D eigenvalue weighted by molar-refractivity contribution is -0.396. The molecule has 0 saturated carbocycles. The molecule has 0 aliphatic heterocycles. The van der Waals surface area contributed by atoms with Crippen molar-refractivity contribution in [1.29, 1.82) is 0 Å². The Bertz CT molecular complexity index is 678. The van der Waals surface area contributed by atoms with Crippen LogP contribution in [0.15, 0.2) is 17.0 Å². The van der Waals surface area contributed by atoms with Gasteiger partial charge >= 0.3 is 16.9 Å². The number of ether oxygens (including phenoxy) is 1. The van der Waals surface area contributed by atoms with E-state index >= 15 is 0 Å². The fourth-order valence-electron chi connectivity index (χ4n) is 1.34. The van der Waals surface area contributed by atoms with E-state index in [-0.39, 0.29) is 12.1 Å². The van der Waals surface area contributed by atoms with Gasteiger partial charge in [0.25, 0.3) is 15.6 Å². The Hall–Kier alpha value is -2.44. The minimum absolute atomic E-state index is 0.0503. The molecule has 0 atom stereocenters. The molecule has 0 fully saturated rings. The average molecular weight is 330 g/mol. The molecule has 0 aliphatic rings. The van der Waals surface area contributed by atoms with E-state index in [1.165, 1.54) is 0 Å². The molecule has 0 saturated heterocycles. The van der Waals surface area contributed by atoms with Gasteiger partial charge in [-0.05, 0) is 0 Å². The molecule has 0 aliphatic carbocycles. The van der Waals surface area contributed by atoms with Gasteiger partial charge in [-0.3, -0.25) is 20.2 Å². The smallest absolute Gasteiger partial charge is 0.485 e. The van der Waals surface area contributed by atoms with Gasteiger partial charge in [-0.1, -0.05) is 0 Å². The molecule has 21 heavy (non-hydrogen) atoms. The van der Waals surface area contributed by atoms with E-state index in [0.717, 1.165) is 7.11 Å². The molecule has 1 aromatic carbocycles. The molecule has 13 heteroatoms. The van der Waals surface area contributed by atoms with Crippen LogP contribution in [0.2, 0.25) is 0 Å². The minimum Gasteiger partial charge on any atom is -0.485 e. The number of rotatable bonds is 4. The van der Waals surface area contributed by atoms with Crippen LogP contribution >= 0.6 is 0 Å². The van der Waals surface area contributed by atoms with Gasteiger partial charge in [-0.25, -0.2) is 8.42 Å². The molecule has 0 unspecified atom stereocenters. The number of halogens is 3. The van der Waals surface area contributed by atoms with Crippen molar-refractivity contribution >= 4 is 21.2 Å². The van der Waals surface area contributed by atoms with Crippen molar-refractivity contribution in [1.82, 2.24) is 0 Å². The molecule has 0 aromatic heterocycles. The average Bonchev–Trinajstić information content (AvgIpc) is 2.35. The SMILES string of the molecule is COc1c([N+](=O)[O-])cc(S(=O)(=O)C(F)(F)F)cc1[N+](=O)[O-]. The zero-order valence-electron chi connectivity index (χ0n) is 9.95. The topological polar surface area (TPSA) is 130 Å². The maximum absolute atomic E-state index is 12.4.